The average Bonchev–Trinajstić information content (AvgIpc) is 2.04. The Labute approximate surface area is 122 Å². The van der Waals surface area contributed by atoms with E-state index in [1.165, 1.54) is 18.2 Å². The van der Waals surface area contributed by atoms with E-state index in [0.717, 1.165) is 6.07 Å². The molecule has 0 saturated carbocycles. The van der Waals surface area contributed by atoms with Crippen LogP contribution in [0.15, 0.2) is 24.3 Å². The average molecular weight is 222 g/mol. The maximum absolute atomic E-state index is 10.4. The third-order valence-corrected chi connectivity index (χ3v) is 1.36. The van der Waals surface area contributed by atoms with Crippen LogP contribution in [-0.4, -0.2) is 27.6 Å². The number of carboxylic acids is 2. The number of hydrogen-bond donors (Lipinski definition) is 2. The van der Waals surface area contributed by atoms with E-state index in [-0.39, 0.29) is 68.0 Å². The van der Waals surface area contributed by atoms with Gasteiger partial charge in [-0.25, -0.2) is 9.59 Å². The molecule has 0 saturated heterocycles. The van der Waals surface area contributed by atoms with Crippen molar-refractivity contribution in [1.29, 1.82) is 0 Å². The molecule has 1 aromatic rings. The first-order chi connectivity index (χ1) is 5.61. The molecule has 1 rings (SSSR count). The van der Waals surface area contributed by atoms with E-state index in [9.17, 15) is 9.59 Å². The summed E-state index contributed by atoms with van der Waals surface area (Å²) in [4.78, 5) is 20.8. The van der Waals surface area contributed by atoms with Crippen LogP contribution >= 0.6 is 0 Å². The van der Waals surface area contributed by atoms with E-state index in [2.05, 4.69) is 0 Å². The van der Waals surface area contributed by atoms with Gasteiger partial charge in [-0.2, -0.15) is 0 Å². The number of carboxylic acid groups (broad SMARTS) is 2. The summed E-state index contributed by atoms with van der Waals surface area (Å²) in [6.07, 6.45) is 0. The van der Waals surface area contributed by atoms with Gasteiger partial charge in [0.2, 0.25) is 0 Å². The van der Waals surface area contributed by atoms with Crippen LogP contribution in [0.5, 0.6) is 0 Å². The van der Waals surface area contributed by atoms with Gasteiger partial charge in [-0.1, -0.05) is 6.07 Å². The van der Waals surface area contributed by atoms with E-state index in [4.69, 9.17) is 10.2 Å². The molecule has 1 aromatic carbocycles. The standard InChI is InChI=1S/C8H6O4.K.H2O/c9-7(10)5-2-1-3-6(4-5)8(11)12;;/h1-4H,(H,9,10)(H,11,12);;1H2/q;+1;/p-1. The molecule has 0 heterocycles. The molecule has 0 radical (unpaired) electrons. The van der Waals surface area contributed by atoms with Crippen molar-refractivity contribution in [2.24, 2.45) is 0 Å². The molecule has 0 bridgehead atoms. The van der Waals surface area contributed by atoms with Gasteiger partial charge in [0.25, 0.3) is 0 Å². The Hall–Kier alpha value is -0.244. The summed E-state index contributed by atoms with van der Waals surface area (Å²) >= 11 is 0. The van der Waals surface area contributed by atoms with Gasteiger partial charge in [0.05, 0.1) is 11.1 Å². The van der Waals surface area contributed by atoms with Crippen molar-refractivity contribution in [3.63, 3.8) is 0 Å². The zero-order valence-corrected chi connectivity index (χ0v) is 10.6. The Balaban J connectivity index is 0. The van der Waals surface area contributed by atoms with Gasteiger partial charge in [-0.3, -0.25) is 0 Å². The van der Waals surface area contributed by atoms with E-state index in [0.29, 0.717) is 0 Å². The molecule has 70 valence electrons. The van der Waals surface area contributed by atoms with Gasteiger partial charge in [-0.15, -0.1) is 0 Å². The Morgan fingerprint density at radius 1 is 1.00 bits per heavy atom. The molecule has 0 fully saturated rings. The molecular weight excluding hydrogens is 215 g/mol. The Bertz CT molecular complexity index is 307. The van der Waals surface area contributed by atoms with Crippen LogP contribution in [0, 0.1) is 0 Å². The Kier molecular flexibility index (Phi) is 8.22. The molecule has 0 amide bonds. The maximum Gasteiger partial charge on any atom is 1.00 e. The first-order valence-electron chi connectivity index (χ1n) is 3.18. The predicted molar refractivity (Wildman–Crippen MR) is 42.3 cm³/mol. The van der Waals surface area contributed by atoms with Crippen molar-refractivity contribution in [2.75, 3.05) is 0 Å². The molecular formula is C8H7KO5. The monoisotopic (exact) mass is 222 g/mol. The van der Waals surface area contributed by atoms with Crippen molar-refractivity contribution in [1.82, 2.24) is 0 Å². The second kappa shape index (κ2) is 7.10. The number of carbonyl (C=O) groups is 2. The Morgan fingerprint density at radius 3 is 1.64 bits per heavy atom. The molecule has 0 unspecified atom stereocenters. The normalized spacial score (nSPS) is 8.00. The van der Waals surface area contributed by atoms with E-state index in [1.807, 2.05) is 0 Å². The summed E-state index contributed by atoms with van der Waals surface area (Å²) in [5.41, 5.74) is -0.0372. The maximum atomic E-state index is 10.4. The van der Waals surface area contributed by atoms with Crippen molar-refractivity contribution in [2.45, 2.75) is 0 Å². The molecule has 3 N–H and O–H groups in total. The minimum absolute atomic E-state index is 0. The fourth-order valence-electron chi connectivity index (χ4n) is 0.785. The number of rotatable bonds is 2. The summed E-state index contributed by atoms with van der Waals surface area (Å²) in [5, 5.41) is 17.0. The third kappa shape index (κ3) is 4.31. The van der Waals surface area contributed by atoms with Crippen LogP contribution in [-0.2, 0) is 0 Å². The SMILES string of the molecule is O=C(O)c1cccc(C(=O)O)c1.[K+].[OH-]. The van der Waals surface area contributed by atoms with E-state index in [1.54, 1.807) is 0 Å². The zero-order chi connectivity index (χ0) is 9.14. The molecule has 14 heavy (non-hydrogen) atoms. The Morgan fingerprint density at radius 2 is 1.36 bits per heavy atom. The van der Waals surface area contributed by atoms with Crippen molar-refractivity contribution < 1.29 is 76.7 Å². The molecule has 5 nitrogen and oxygen atoms in total. The third-order valence-electron chi connectivity index (χ3n) is 1.36. The largest absolute Gasteiger partial charge is 1.00 e. The minimum atomic E-state index is -1.13. The summed E-state index contributed by atoms with van der Waals surface area (Å²) in [7, 11) is 0. The number of aromatic carboxylic acids is 2. The van der Waals surface area contributed by atoms with Crippen LogP contribution in [0.2, 0.25) is 0 Å². The van der Waals surface area contributed by atoms with Crippen LogP contribution in [0.4, 0.5) is 0 Å². The summed E-state index contributed by atoms with van der Waals surface area (Å²) in [6.45, 7) is 0. The predicted octanol–water partition coefficient (Wildman–Crippen LogP) is -2.09. The molecule has 0 aliphatic heterocycles. The van der Waals surface area contributed by atoms with Gasteiger partial charge in [-0.05, 0) is 18.2 Å². The zero-order valence-electron chi connectivity index (χ0n) is 7.47. The molecule has 6 heteroatoms. The minimum Gasteiger partial charge on any atom is -0.870 e. The van der Waals surface area contributed by atoms with Gasteiger partial charge in [0, 0.05) is 0 Å². The first-order valence-corrected chi connectivity index (χ1v) is 3.18. The fourth-order valence-corrected chi connectivity index (χ4v) is 0.785. The topological polar surface area (TPSA) is 105 Å². The van der Waals surface area contributed by atoms with Crippen LogP contribution in [0.3, 0.4) is 0 Å². The fraction of sp³-hybridized carbons (Fsp3) is 0. The van der Waals surface area contributed by atoms with E-state index >= 15 is 0 Å². The van der Waals surface area contributed by atoms with Crippen molar-refractivity contribution in [3.05, 3.63) is 35.4 Å². The first kappa shape index (κ1) is 16.2. The van der Waals surface area contributed by atoms with Gasteiger partial charge >= 0.3 is 63.3 Å². The number of hydrogen-bond acceptors (Lipinski definition) is 3. The van der Waals surface area contributed by atoms with Crippen molar-refractivity contribution >= 4 is 11.9 Å². The summed E-state index contributed by atoms with van der Waals surface area (Å²) in [6, 6.07) is 5.20. The number of benzene rings is 1. The van der Waals surface area contributed by atoms with Crippen LogP contribution in [0.25, 0.3) is 0 Å². The second-order valence-corrected chi connectivity index (χ2v) is 2.19. The molecule has 0 aromatic heterocycles. The quantitative estimate of drug-likeness (QED) is 0.558. The second-order valence-electron chi connectivity index (χ2n) is 2.19. The van der Waals surface area contributed by atoms with Gasteiger partial charge in [0.15, 0.2) is 0 Å². The summed E-state index contributed by atoms with van der Waals surface area (Å²) in [5.74, 6) is -2.25. The van der Waals surface area contributed by atoms with Crippen LogP contribution < -0.4 is 51.4 Å². The molecule has 0 spiro atoms. The summed E-state index contributed by atoms with van der Waals surface area (Å²) < 4.78 is 0. The van der Waals surface area contributed by atoms with Crippen LogP contribution in [0.1, 0.15) is 20.7 Å². The molecule has 0 aliphatic carbocycles. The molecule has 0 atom stereocenters. The molecule has 0 aliphatic rings. The van der Waals surface area contributed by atoms with E-state index < -0.39 is 11.9 Å². The smallest absolute Gasteiger partial charge is 0.870 e. The van der Waals surface area contributed by atoms with Crippen molar-refractivity contribution in [3.8, 4) is 0 Å². The van der Waals surface area contributed by atoms with Gasteiger partial charge in [0.1, 0.15) is 0 Å². The van der Waals surface area contributed by atoms with Gasteiger partial charge < -0.3 is 15.7 Å².